The summed E-state index contributed by atoms with van der Waals surface area (Å²) in [6.45, 7) is 3.40. The van der Waals surface area contributed by atoms with Crippen LogP contribution in [-0.2, 0) is 16.1 Å². The van der Waals surface area contributed by atoms with Crippen molar-refractivity contribution >= 4 is 23.2 Å². The Morgan fingerprint density at radius 2 is 2.07 bits per heavy atom. The molecule has 1 saturated heterocycles. The number of β-amino-alcohol motifs (C(OH)–C–C–N with tert-alkyl or cyclic N) is 1. The van der Waals surface area contributed by atoms with Crippen molar-refractivity contribution in [2.24, 2.45) is 0 Å². The number of hydrogen-bond donors (Lipinski definition) is 2. The SMILES string of the molecule is CCOc1ccccc1C(=C=O)Nc1cccc2c1C(=O)N(CC1(O)COC1)C2. The summed E-state index contributed by atoms with van der Waals surface area (Å²) in [5.41, 5.74) is 1.64. The number of carbonyl (C=O) groups excluding carboxylic acids is 2. The van der Waals surface area contributed by atoms with Crippen LogP contribution in [0.15, 0.2) is 42.5 Å². The molecule has 2 N–H and O–H groups in total. The van der Waals surface area contributed by atoms with Crippen LogP contribution < -0.4 is 10.1 Å². The van der Waals surface area contributed by atoms with Gasteiger partial charge in [-0.3, -0.25) is 4.79 Å². The highest BCUT2D eigenvalue weighted by Gasteiger charge is 2.41. The first-order valence-corrected chi connectivity index (χ1v) is 9.50. The Kier molecular flexibility index (Phi) is 5.11. The number of nitrogens with zero attached hydrogens (tertiary/aromatic N) is 1. The van der Waals surface area contributed by atoms with Crippen LogP contribution in [0.3, 0.4) is 0 Å². The minimum Gasteiger partial charge on any atom is -0.493 e. The molecule has 2 aromatic carbocycles. The number of hydrogen-bond acceptors (Lipinski definition) is 6. The molecule has 2 aromatic rings. The van der Waals surface area contributed by atoms with E-state index < -0.39 is 5.60 Å². The van der Waals surface area contributed by atoms with Crippen LogP contribution in [0.2, 0.25) is 0 Å². The van der Waals surface area contributed by atoms with E-state index in [1.54, 1.807) is 29.2 Å². The molecule has 29 heavy (non-hydrogen) atoms. The third-order valence-electron chi connectivity index (χ3n) is 5.06. The van der Waals surface area contributed by atoms with Crippen molar-refractivity contribution in [1.82, 2.24) is 4.90 Å². The Balaban J connectivity index is 1.61. The van der Waals surface area contributed by atoms with Gasteiger partial charge in [0.2, 0.25) is 0 Å². The summed E-state index contributed by atoms with van der Waals surface area (Å²) in [5.74, 6) is 2.31. The average molecular weight is 394 g/mol. The van der Waals surface area contributed by atoms with Gasteiger partial charge in [0.05, 0.1) is 43.2 Å². The molecule has 0 aromatic heterocycles. The lowest BCUT2D eigenvalue weighted by Gasteiger charge is -2.38. The summed E-state index contributed by atoms with van der Waals surface area (Å²) >= 11 is 0. The molecule has 1 fully saturated rings. The second-order valence-electron chi connectivity index (χ2n) is 7.25. The number of para-hydroxylation sites is 1. The molecule has 0 saturated carbocycles. The fraction of sp³-hybridized carbons (Fsp3) is 0.318. The highest BCUT2D eigenvalue weighted by molar-refractivity contribution is 6.06. The van der Waals surface area contributed by atoms with Gasteiger partial charge >= 0.3 is 0 Å². The fourth-order valence-electron chi connectivity index (χ4n) is 3.67. The molecule has 0 aliphatic carbocycles. The number of benzene rings is 2. The number of fused-ring (bicyclic) bond motifs is 1. The highest BCUT2D eigenvalue weighted by atomic mass is 16.5. The Hall–Kier alpha value is -3.12. The minimum atomic E-state index is -0.990. The highest BCUT2D eigenvalue weighted by Crippen LogP contribution is 2.34. The quantitative estimate of drug-likeness (QED) is 0.699. The summed E-state index contributed by atoms with van der Waals surface area (Å²) < 4.78 is 10.7. The van der Waals surface area contributed by atoms with Gasteiger partial charge in [-0.05, 0) is 30.7 Å². The zero-order valence-corrected chi connectivity index (χ0v) is 16.1. The molecule has 0 spiro atoms. The van der Waals surface area contributed by atoms with Crippen molar-refractivity contribution in [2.45, 2.75) is 19.1 Å². The molecular formula is C22H22N2O5. The van der Waals surface area contributed by atoms with E-state index in [9.17, 15) is 14.7 Å². The van der Waals surface area contributed by atoms with Crippen LogP contribution >= 0.6 is 0 Å². The van der Waals surface area contributed by atoms with Crippen LogP contribution in [0.4, 0.5) is 5.69 Å². The number of anilines is 1. The lowest BCUT2D eigenvalue weighted by atomic mass is 10.0. The summed E-state index contributed by atoms with van der Waals surface area (Å²) in [5, 5.41) is 13.4. The maximum atomic E-state index is 13.0. The molecule has 0 atom stereocenters. The summed E-state index contributed by atoms with van der Waals surface area (Å²) in [4.78, 5) is 26.3. The van der Waals surface area contributed by atoms with Crippen LogP contribution in [0, 0.1) is 0 Å². The first-order chi connectivity index (χ1) is 14.0. The smallest absolute Gasteiger partial charge is 0.256 e. The van der Waals surface area contributed by atoms with Crippen LogP contribution in [-0.4, -0.2) is 53.8 Å². The van der Waals surface area contributed by atoms with E-state index in [1.807, 2.05) is 31.1 Å². The third-order valence-corrected chi connectivity index (χ3v) is 5.06. The largest absolute Gasteiger partial charge is 0.493 e. The van der Waals surface area contributed by atoms with Gasteiger partial charge in [-0.15, -0.1) is 0 Å². The maximum absolute atomic E-state index is 13.0. The number of carbonyl (C=O) groups is 1. The van der Waals surface area contributed by atoms with Gasteiger partial charge in [0.15, 0.2) is 5.94 Å². The number of amides is 1. The molecular weight excluding hydrogens is 372 g/mol. The number of nitrogens with one attached hydrogen (secondary N) is 1. The van der Waals surface area contributed by atoms with Gasteiger partial charge in [-0.25, -0.2) is 4.79 Å². The van der Waals surface area contributed by atoms with Crippen molar-refractivity contribution in [2.75, 3.05) is 31.7 Å². The van der Waals surface area contributed by atoms with E-state index in [2.05, 4.69) is 5.32 Å². The van der Waals surface area contributed by atoms with Gasteiger partial charge < -0.3 is 24.8 Å². The van der Waals surface area contributed by atoms with E-state index in [1.165, 1.54) is 0 Å². The van der Waals surface area contributed by atoms with E-state index in [4.69, 9.17) is 9.47 Å². The Bertz CT molecular complexity index is 992. The number of ether oxygens (including phenoxy) is 2. The second kappa shape index (κ2) is 7.72. The monoisotopic (exact) mass is 394 g/mol. The van der Waals surface area contributed by atoms with Crippen molar-refractivity contribution in [3.8, 4) is 5.75 Å². The van der Waals surface area contributed by atoms with Gasteiger partial charge in [-0.2, -0.15) is 0 Å². The van der Waals surface area contributed by atoms with Crippen LogP contribution in [0.5, 0.6) is 5.75 Å². The molecule has 2 aliphatic rings. The number of rotatable bonds is 7. The zero-order chi connectivity index (χ0) is 20.4. The van der Waals surface area contributed by atoms with Crippen molar-refractivity contribution in [3.05, 3.63) is 59.2 Å². The van der Waals surface area contributed by atoms with Crippen molar-refractivity contribution in [3.63, 3.8) is 0 Å². The predicted octanol–water partition coefficient (Wildman–Crippen LogP) is 2.09. The van der Waals surface area contributed by atoms with Crippen LogP contribution in [0.25, 0.3) is 5.70 Å². The first kappa shape index (κ1) is 19.2. The second-order valence-corrected chi connectivity index (χ2v) is 7.25. The Labute approximate surface area is 168 Å². The molecule has 2 heterocycles. The zero-order valence-electron chi connectivity index (χ0n) is 16.1. The standard InChI is InChI=1S/C22H22N2O5/c1-2-29-19-9-4-3-7-16(19)18(11-25)23-17-8-5-6-15-10-24(21(26)20(15)17)12-22(27)13-28-14-22/h3-9,23,27H,2,10,12-14H2,1H3. The molecule has 0 radical (unpaired) electrons. The summed E-state index contributed by atoms with van der Waals surface area (Å²) in [7, 11) is 0. The van der Waals surface area contributed by atoms with Gasteiger partial charge in [0.1, 0.15) is 17.0 Å². The molecule has 4 rings (SSSR count). The van der Waals surface area contributed by atoms with Gasteiger partial charge in [0.25, 0.3) is 5.91 Å². The van der Waals surface area contributed by atoms with E-state index in [0.29, 0.717) is 35.7 Å². The van der Waals surface area contributed by atoms with E-state index in [0.717, 1.165) is 5.56 Å². The maximum Gasteiger partial charge on any atom is 0.256 e. The van der Waals surface area contributed by atoms with E-state index >= 15 is 0 Å². The molecule has 7 nitrogen and oxygen atoms in total. The third kappa shape index (κ3) is 3.63. The first-order valence-electron chi connectivity index (χ1n) is 9.50. The topological polar surface area (TPSA) is 88.1 Å². The number of aliphatic hydroxyl groups is 1. The fourth-order valence-corrected chi connectivity index (χ4v) is 3.67. The summed E-state index contributed by atoms with van der Waals surface area (Å²) in [6, 6.07) is 12.6. The van der Waals surface area contributed by atoms with Crippen molar-refractivity contribution in [1.29, 1.82) is 0 Å². The minimum absolute atomic E-state index is 0.188. The van der Waals surface area contributed by atoms with E-state index in [-0.39, 0.29) is 31.4 Å². The summed E-state index contributed by atoms with van der Waals surface area (Å²) in [6.07, 6.45) is 0. The lowest BCUT2D eigenvalue weighted by molar-refractivity contribution is -0.184. The van der Waals surface area contributed by atoms with Gasteiger partial charge in [0, 0.05) is 6.54 Å². The Morgan fingerprint density at radius 1 is 1.28 bits per heavy atom. The molecule has 150 valence electrons. The molecule has 0 unspecified atom stereocenters. The molecule has 1 amide bonds. The average Bonchev–Trinajstić information content (AvgIpc) is 3.02. The van der Waals surface area contributed by atoms with Gasteiger partial charge in [-0.1, -0.05) is 24.3 Å². The lowest BCUT2D eigenvalue weighted by Crippen LogP contribution is -2.57. The molecule has 7 heteroatoms. The van der Waals surface area contributed by atoms with Crippen molar-refractivity contribution < 1.29 is 24.2 Å². The molecule has 0 bridgehead atoms. The molecule has 2 aliphatic heterocycles. The predicted molar refractivity (Wildman–Crippen MR) is 107 cm³/mol. The normalized spacial score (nSPS) is 16.6. The Morgan fingerprint density at radius 3 is 2.76 bits per heavy atom. The van der Waals surface area contributed by atoms with Crippen LogP contribution in [0.1, 0.15) is 28.4 Å².